The summed E-state index contributed by atoms with van der Waals surface area (Å²) in [5.41, 5.74) is 0. The fraction of sp³-hybridized carbons (Fsp3) is 1.00. The average Bonchev–Trinajstić information content (AvgIpc) is 2.36. The summed E-state index contributed by atoms with van der Waals surface area (Å²) in [5.74, 6) is 0. The summed E-state index contributed by atoms with van der Waals surface area (Å²) in [6.07, 6.45) is 1.31. The number of halogens is 2. The Balaban J connectivity index is 0. The van der Waals surface area contributed by atoms with Gasteiger partial charge in [-0.1, -0.05) is 0 Å². The van der Waals surface area contributed by atoms with E-state index in [0.29, 0.717) is 6.04 Å². The molecule has 0 amide bonds. The predicted molar refractivity (Wildman–Crippen MR) is 58.7 cm³/mol. The summed E-state index contributed by atoms with van der Waals surface area (Å²) >= 11 is 0. The molecule has 1 atom stereocenters. The lowest BCUT2D eigenvalue weighted by atomic mass is 10.2. The topological polar surface area (TPSA) is 15.3 Å². The number of nitrogens with zero attached hydrogens (tertiary/aromatic N) is 1. The molecule has 0 unspecified atom stereocenters. The van der Waals surface area contributed by atoms with Gasteiger partial charge in [-0.05, 0) is 33.9 Å². The second kappa shape index (κ2) is 6.96. The summed E-state index contributed by atoms with van der Waals surface area (Å²) in [6, 6.07) is 1.46. The van der Waals surface area contributed by atoms with E-state index in [4.69, 9.17) is 0 Å². The SMILES string of the molecule is CC(C)N(C)[C@H]1CCNC1.Cl.Cl. The largest absolute Gasteiger partial charge is 0.315 e. The Hall–Kier alpha value is 0.500. The Morgan fingerprint density at radius 1 is 1.33 bits per heavy atom. The van der Waals surface area contributed by atoms with E-state index in [9.17, 15) is 0 Å². The van der Waals surface area contributed by atoms with Gasteiger partial charge in [0, 0.05) is 18.6 Å². The van der Waals surface area contributed by atoms with E-state index < -0.39 is 0 Å². The number of nitrogens with one attached hydrogen (secondary N) is 1. The molecular weight excluding hydrogens is 195 g/mol. The minimum atomic E-state index is 0. The highest BCUT2D eigenvalue weighted by molar-refractivity contribution is 5.85. The number of likely N-dealkylation sites (N-methyl/N-ethyl adjacent to an activating group) is 1. The van der Waals surface area contributed by atoms with Gasteiger partial charge in [-0.15, -0.1) is 24.8 Å². The first kappa shape index (κ1) is 15.0. The zero-order chi connectivity index (χ0) is 7.56. The molecule has 1 fully saturated rings. The first-order valence-corrected chi connectivity index (χ1v) is 4.14. The van der Waals surface area contributed by atoms with E-state index in [2.05, 4.69) is 31.1 Å². The lowest BCUT2D eigenvalue weighted by Crippen LogP contribution is -2.38. The van der Waals surface area contributed by atoms with Gasteiger partial charge in [0.1, 0.15) is 0 Å². The molecule has 76 valence electrons. The van der Waals surface area contributed by atoms with Crippen molar-refractivity contribution in [1.29, 1.82) is 0 Å². The second-order valence-corrected chi connectivity index (χ2v) is 3.41. The van der Waals surface area contributed by atoms with Gasteiger partial charge in [-0.25, -0.2) is 0 Å². The molecule has 4 heteroatoms. The molecule has 0 radical (unpaired) electrons. The Morgan fingerprint density at radius 2 is 1.92 bits per heavy atom. The van der Waals surface area contributed by atoms with Crippen LogP contribution in [0.15, 0.2) is 0 Å². The molecule has 0 spiro atoms. The molecule has 0 aromatic heterocycles. The summed E-state index contributed by atoms with van der Waals surface area (Å²) in [4.78, 5) is 2.44. The van der Waals surface area contributed by atoms with E-state index in [1.165, 1.54) is 19.5 Å². The Bertz CT molecular complexity index is 103. The van der Waals surface area contributed by atoms with Crippen LogP contribution in [0.4, 0.5) is 0 Å². The third-order valence-electron chi connectivity index (χ3n) is 2.42. The van der Waals surface area contributed by atoms with Crippen LogP contribution in [0.25, 0.3) is 0 Å². The summed E-state index contributed by atoms with van der Waals surface area (Å²) < 4.78 is 0. The molecule has 0 aromatic rings. The molecule has 2 nitrogen and oxygen atoms in total. The third-order valence-corrected chi connectivity index (χ3v) is 2.42. The van der Waals surface area contributed by atoms with Crippen molar-refractivity contribution in [3.63, 3.8) is 0 Å². The molecule has 1 saturated heterocycles. The van der Waals surface area contributed by atoms with Gasteiger partial charge in [0.15, 0.2) is 0 Å². The highest BCUT2D eigenvalue weighted by Crippen LogP contribution is 2.08. The van der Waals surface area contributed by atoms with Crippen molar-refractivity contribution in [2.45, 2.75) is 32.4 Å². The van der Waals surface area contributed by atoms with Crippen molar-refractivity contribution < 1.29 is 0 Å². The third kappa shape index (κ3) is 3.94. The molecule has 1 rings (SSSR count). The van der Waals surface area contributed by atoms with Crippen molar-refractivity contribution >= 4 is 24.8 Å². The molecule has 1 N–H and O–H groups in total. The van der Waals surface area contributed by atoms with Crippen molar-refractivity contribution in [2.24, 2.45) is 0 Å². The maximum Gasteiger partial charge on any atom is 0.0232 e. The molecule has 0 saturated carbocycles. The van der Waals surface area contributed by atoms with Crippen molar-refractivity contribution in [2.75, 3.05) is 20.1 Å². The second-order valence-electron chi connectivity index (χ2n) is 3.41. The molecule has 1 aliphatic rings. The van der Waals surface area contributed by atoms with Crippen LogP contribution in [-0.2, 0) is 0 Å². The van der Waals surface area contributed by atoms with Crippen LogP contribution in [0.5, 0.6) is 0 Å². The van der Waals surface area contributed by atoms with E-state index >= 15 is 0 Å². The normalized spacial score (nSPS) is 22.2. The van der Waals surface area contributed by atoms with Gasteiger partial charge >= 0.3 is 0 Å². The summed E-state index contributed by atoms with van der Waals surface area (Å²) in [7, 11) is 2.21. The Kier molecular flexibility index (Phi) is 8.69. The standard InChI is InChI=1S/C8H18N2.2ClH/c1-7(2)10(3)8-4-5-9-6-8;;/h7-9H,4-6H2,1-3H3;2*1H/t8-;;/m0../s1. The highest BCUT2D eigenvalue weighted by atomic mass is 35.5. The number of hydrogen-bond donors (Lipinski definition) is 1. The molecule has 1 heterocycles. The van der Waals surface area contributed by atoms with Gasteiger partial charge in [0.2, 0.25) is 0 Å². The van der Waals surface area contributed by atoms with Crippen LogP contribution >= 0.6 is 24.8 Å². The quantitative estimate of drug-likeness (QED) is 0.751. The first-order chi connectivity index (χ1) is 4.72. The van der Waals surface area contributed by atoms with Crippen LogP contribution < -0.4 is 5.32 Å². The fourth-order valence-electron chi connectivity index (χ4n) is 1.41. The van der Waals surface area contributed by atoms with Crippen LogP contribution in [0, 0.1) is 0 Å². The average molecular weight is 215 g/mol. The Labute approximate surface area is 87.9 Å². The highest BCUT2D eigenvalue weighted by Gasteiger charge is 2.20. The lowest BCUT2D eigenvalue weighted by Gasteiger charge is -2.27. The maximum atomic E-state index is 3.37. The molecule has 0 aromatic carbocycles. The van der Waals surface area contributed by atoms with Gasteiger partial charge in [0.05, 0.1) is 0 Å². The van der Waals surface area contributed by atoms with Gasteiger partial charge in [0.25, 0.3) is 0 Å². The minimum absolute atomic E-state index is 0. The van der Waals surface area contributed by atoms with E-state index in [0.717, 1.165) is 6.04 Å². The van der Waals surface area contributed by atoms with Crippen molar-refractivity contribution in [3.05, 3.63) is 0 Å². The van der Waals surface area contributed by atoms with Crippen molar-refractivity contribution in [1.82, 2.24) is 10.2 Å². The smallest absolute Gasteiger partial charge is 0.0232 e. The van der Waals surface area contributed by atoms with E-state index in [1.54, 1.807) is 0 Å². The van der Waals surface area contributed by atoms with E-state index in [-0.39, 0.29) is 24.8 Å². The zero-order valence-corrected chi connectivity index (χ0v) is 9.67. The molecule has 12 heavy (non-hydrogen) atoms. The van der Waals surface area contributed by atoms with Gasteiger partial charge < -0.3 is 5.32 Å². The van der Waals surface area contributed by atoms with Crippen LogP contribution in [0.3, 0.4) is 0 Å². The number of rotatable bonds is 2. The summed E-state index contributed by atoms with van der Waals surface area (Å²) in [6.45, 7) is 6.87. The van der Waals surface area contributed by atoms with Gasteiger partial charge in [-0.3, -0.25) is 4.90 Å². The van der Waals surface area contributed by atoms with Crippen LogP contribution in [-0.4, -0.2) is 37.1 Å². The van der Waals surface area contributed by atoms with Crippen molar-refractivity contribution in [3.8, 4) is 0 Å². The Morgan fingerprint density at radius 3 is 2.25 bits per heavy atom. The summed E-state index contributed by atoms with van der Waals surface area (Å²) in [5, 5.41) is 3.37. The maximum absolute atomic E-state index is 3.37. The zero-order valence-electron chi connectivity index (χ0n) is 8.04. The number of hydrogen-bond acceptors (Lipinski definition) is 2. The van der Waals surface area contributed by atoms with E-state index in [1.807, 2.05) is 0 Å². The minimum Gasteiger partial charge on any atom is -0.315 e. The van der Waals surface area contributed by atoms with Gasteiger partial charge in [-0.2, -0.15) is 0 Å². The lowest BCUT2D eigenvalue weighted by molar-refractivity contribution is 0.208. The molecule has 1 aliphatic heterocycles. The monoisotopic (exact) mass is 214 g/mol. The molecule has 0 aliphatic carbocycles. The first-order valence-electron chi connectivity index (χ1n) is 4.14. The molecule has 0 bridgehead atoms. The predicted octanol–water partition coefficient (Wildman–Crippen LogP) is 1.53. The van der Waals surface area contributed by atoms with Crippen LogP contribution in [0.2, 0.25) is 0 Å². The van der Waals surface area contributed by atoms with Crippen LogP contribution in [0.1, 0.15) is 20.3 Å². The fourth-order valence-corrected chi connectivity index (χ4v) is 1.41. The molecular formula is C8H20Cl2N2.